The summed E-state index contributed by atoms with van der Waals surface area (Å²) in [5, 5.41) is 3.30. The van der Waals surface area contributed by atoms with E-state index < -0.39 is 0 Å². The molecule has 1 saturated heterocycles. The van der Waals surface area contributed by atoms with Crippen molar-refractivity contribution in [3.8, 4) is 0 Å². The van der Waals surface area contributed by atoms with Crippen LogP contribution >= 0.6 is 11.8 Å². The highest BCUT2D eigenvalue weighted by Gasteiger charge is 2.39. The van der Waals surface area contributed by atoms with Crippen molar-refractivity contribution in [3.63, 3.8) is 0 Å². The fourth-order valence-corrected chi connectivity index (χ4v) is 3.93. The minimum absolute atomic E-state index is 0.633. The van der Waals surface area contributed by atoms with Crippen molar-refractivity contribution in [3.05, 3.63) is 0 Å². The topological polar surface area (TPSA) is 15.3 Å². The fourth-order valence-electron chi connectivity index (χ4n) is 2.92. The van der Waals surface area contributed by atoms with Gasteiger partial charge in [0.25, 0.3) is 0 Å². The molecule has 88 valence electrons. The molecule has 2 nitrogen and oxygen atoms in total. The number of hydrogen-bond donors (Lipinski definition) is 1. The highest BCUT2D eigenvalue weighted by Crippen LogP contribution is 2.43. The predicted molar refractivity (Wildman–Crippen MR) is 68.6 cm³/mol. The van der Waals surface area contributed by atoms with Crippen molar-refractivity contribution >= 4 is 11.8 Å². The molecule has 0 radical (unpaired) electrons. The van der Waals surface area contributed by atoms with Crippen LogP contribution in [0, 0.1) is 5.92 Å². The molecular weight excluding hydrogens is 204 g/mol. The molecule has 2 fully saturated rings. The van der Waals surface area contributed by atoms with E-state index in [-0.39, 0.29) is 0 Å². The zero-order chi connectivity index (χ0) is 10.7. The van der Waals surface area contributed by atoms with Gasteiger partial charge in [0, 0.05) is 17.8 Å². The van der Waals surface area contributed by atoms with E-state index in [1.54, 1.807) is 0 Å². The average molecular weight is 228 g/mol. The number of rotatable bonds is 5. The maximum absolute atomic E-state index is 3.30. The lowest BCUT2D eigenvalue weighted by Crippen LogP contribution is -2.44. The Morgan fingerprint density at radius 1 is 1.47 bits per heavy atom. The van der Waals surface area contributed by atoms with Gasteiger partial charge >= 0.3 is 0 Å². The van der Waals surface area contributed by atoms with Crippen LogP contribution in [0.4, 0.5) is 0 Å². The maximum Gasteiger partial charge on any atom is 0.0284 e. The third-order valence-corrected chi connectivity index (χ3v) is 5.48. The van der Waals surface area contributed by atoms with Crippen LogP contribution in [0.5, 0.6) is 0 Å². The Kier molecular flexibility index (Phi) is 3.97. The molecule has 1 atom stereocenters. The first-order valence-corrected chi connectivity index (χ1v) is 7.42. The van der Waals surface area contributed by atoms with E-state index in [1.165, 1.54) is 51.9 Å². The molecule has 0 aromatic heterocycles. The molecule has 0 amide bonds. The van der Waals surface area contributed by atoms with Gasteiger partial charge in [-0.15, -0.1) is 0 Å². The van der Waals surface area contributed by atoms with E-state index >= 15 is 0 Å². The number of nitrogens with zero attached hydrogens (tertiary/aromatic N) is 1. The van der Waals surface area contributed by atoms with Crippen LogP contribution in [0.3, 0.4) is 0 Å². The lowest BCUT2D eigenvalue weighted by Gasteiger charge is -2.43. The van der Waals surface area contributed by atoms with Crippen LogP contribution < -0.4 is 5.32 Å². The van der Waals surface area contributed by atoms with Crippen LogP contribution in [-0.4, -0.2) is 49.1 Å². The van der Waals surface area contributed by atoms with Crippen molar-refractivity contribution in [1.82, 2.24) is 10.2 Å². The first-order valence-electron chi connectivity index (χ1n) is 6.20. The van der Waals surface area contributed by atoms with E-state index in [0.29, 0.717) is 4.75 Å². The largest absolute Gasteiger partial charge is 0.319 e. The molecule has 0 bridgehead atoms. The second-order valence-corrected chi connectivity index (χ2v) is 6.46. The lowest BCUT2D eigenvalue weighted by atomic mass is 9.84. The van der Waals surface area contributed by atoms with Crippen LogP contribution in [0.1, 0.15) is 25.7 Å². The number of nitrogens with one attached hydrogen (secondary N) is 1. The average Bonchev–Trinajstić information content (AvgIpc) is 2.60. The molecule has 3 heteroatoms. The van der Waals surface area contributed by atoms with Gasteiger partial charge in [-0.05, 0) is 51.6 Å². The van der Waals surface area contributed by atoms with Gasteiger partial charge in [-0.3, -0.25) is 0 Å². The van der Waals surface area contributed by atoms with E-state index in [2.05, 4.69) is 35.3 Å². The maximum atomic E-state index is 3.30. The third-order valence-electron chi connectivity index (χ3n) is 4.07. The smallest absolute Gasteiger partial charge is 0.0284 e. The Morgan fingerprint density at radius 3 is 2.80 bits per heavy atom. The van der Waals surface area contributed by atoms with Crippen molar-refractivity contribution in [2.24, 2.45) is 5.92 Å². The van der Waals surface area contributed by atoms with Crippen LogP contribution in [0.15, 0.2) is 0 Å². The Balaban J connectivity index is 1.76. The molecule has 1 unspecified atom stereocenters. The first-order chi connectivity index (χ1) is 7.28. The van der Waals surface area contributed by atoms with Gasteiger partial charge in [0.1, 0.15) is 0 Å². The first kappa shape index (κ1) is 11.7. The second kappa shape index (κ2) is 5.07. The summed E-state index contributed by atoms with van der Waals surface area (Å²) >= 11 is 2.10. The summed E-state index contributed by atoms with van der Waals surface area (Å²) in [7, 11) is 2.07. The molecule has 0 spiro atoms. The highest BCUT2D eigenvalue weighted by atomic mass is 32.2. The van der Waals surface area contributed by atoms with E-state index in [4.69, 9.17) is 0 Å². The fraction of sp³-hybridized carbons (Fsp3) is 1.00. The van der Waals surface area contributed by atoms with E-state index in [9.17, 15) is 0 Å². The number of thioether (sulfide) groups is 1. The predicted octanol–water partition coefficient (Wildman–Crippen LogP) is 1.81. The Hall–Kier alpha value is 0.270. The summed E-state index contributed by atoms with van der Waals surface area (Å²) in [5.41, 5.74) is 0. The standard InChI is InChI=1S/C12H24N2S/c1-13-8-11-4-7-14(9-11)10-12(15-2)5-3-6-12/h11,13H,3-10H2,1-2H3. The number of hydrogen-bond acceptors (Lipinski definition) is 3. The van der Waals surface area contributed by atoms with Crippen LogP contribution in [0.2, 0.25) is 0 Å². The Bertz CT molecular complexity index is 198. The van der Waals surface area contributed by atoms with Gasteiger partial charge in [0.05, 0.1) is 0 Å². The minimum Gasteiger partial charge on any atom is -0.319 e. The van der Waals surface area contributed by atoms with E-state index in [1.807, 2.05) is 0 Å². The summed E-state index contributed by atoms with van der Waals surface area (Å²) < 4.78 is 0.633. The van der Waals surface area contributed by atoms with Gasteiger partial charge in [-0.25, -0.2) is 0 Å². The van der Waals surface area contributed by atoms with Gasteiger partial charge in [0.2, 0.25) is 0 Å². The monoisotopic (exact) mass is 228 g/mol. The Morgan fingerprint density at radius 2 is 2.27 bits per heavy atom. The highest BCUT2D eigenvalue weighted by molar-refractivity contribution is 8.00. The lowest BCUT2D eigenvalue weighted by molar-refractivity contribution is 0.229. The SMILES string of the molecule is CNCC1CCN(CC2(SC)CCC2)C1. The van der Waals surface area contributed by atoms with Crippen molar-refractivity contribution in [2.45, 2.75) is 30.4 Å². The van der Waals surface area contributed by atoms with Crippen molar-refractivity contribution < 1.29 is 0 Å². The van der Waals surface area contributed by atoms with Crippen molar-refractivity contribution in [1.29, 1.82) is 0 Å². The summed E-state index contributed by atoms with van der Waals surface area (Å²) in [6.07, 6.45) is 8.03. The van der Waals surface area contributed by atoms with Gasteiger partial charge < -0.3 is 10.2 Å². The third kappa shape index (κ3) is 2.69. The zero-order valence-electron chi connectivity index (χ0n) is 10.1. The molecule has 1 aliphatic heterocycles. The van der Waals surface area contributed by atoms with Crippen LogP contribution in [0.25, 0.3) is 0 Å². The zero-order valence-corrected chi connectivity index (χ0v) is 10.9. The molecule has 2 rings (SSSR count). The van der Waals surface area contributed by atoms with E-state index in [0.717, 1.165) is 5.92 Å². The molecule has 1 saturated carbocycles. The van der Waals surface area contributed by atoms with Gasteiger partial charge in [0.15, 0.2) is 0 Å². The van der Waals surface area contributed by atoms with Crippen molar-refractivity contribution in [2.75, 3.05) is 39.5 Å². The molecule has 1 N–H and O–H groups in total. The summed E-state index contributed by atoms with van der Waals surface area (Å²) in [4.78, 5) is 2.69. The molecule has 15 heavy (non-hydrogen) atoms. The molecule has 0 aromatic carbocycles. The minimum atomic E-state index is 0.633. The normalized spacial score (nSPS) is 30.4. The second-order valence-electron chi connectivity index (χ2n) is 5.19. The summed E-state index contributed by atoms with van der Waals surface area (Å²) in [6, 6.07) is 0. The molecule has 1 aliphatic carbocycles. The molecule has 1 heterocycles. The number of likely N-dealkylation sites (tertiary alicyclic amines) is 1. The van der Waals surface area contributed by atoms with Gasteiger partial charge in [-0.2, -0.15) is 11.8 Å². The quantitative estimate of drug-likeness (QED) is 0.773. The Labute approximate surface area is 98.2 Å². The molecule has 0 aromatic rings. The summed E-state index contributed by atoms with van der Waals surface area (Å²) in [6.45, 7) is 5.19. The summed E-state index contributed by atoms with van der Waals surface area (Å²) in [5.74, 6) is 0.897. The molecule has 2 aliphatic rings. The molecular formula is C12H24N2S. The van der Waals surface area contributed by atoms with Gasteiger partial charge in [-0.1, -0.05) is 6.42 Å². The van der Waals surface area contributed by atoms with Crippen LogP contribution in [-0.2, 0) is 0 Å².